The van der Waals surface area contributed by atoms with Crippen molar-refractivity contribution in [3.8, 4) is 55.6 Å². The average Bonchev–Trinajstić information content (AvgIpc) is 3.92. The highest BCUT2D eigenvalue weighted by molar-refractivity contribution is 5.99. The smallest absolute Gasteiger partial charge is 0.0731 e. The van der Waals surface area contributed by atoms with Crippen molar-refractivity contribution in [2.45, 2.75) is 24.2 Å². The number of anilines is 4. The molecule has 2 heteroatoms. The van der Waals surface area contributed by atoms with Crippen LogP contribution in [0.3, 0.4) is 0 Å². The molecule has 0 fully saturated rings. The van der Waals surface area contributed by atoms with Crippen LogP contribution in [0.5, 0.6) is 0 Å². The average molecular weight is 909 g/mol. The molecule has 0 bridgehead atoms. The van der Waals surface area contributed by atoms with Crippen LogP contribution in [0.25, 0.3) is 55.6 Å². The summed E-state index contributed by atoms with van der Waals surface area (Å²) in [5, 5.41) is 0. The lowest BCUT2D eigenvalue weighted by molar-refractivity contribution is 0.595. The van der Waals surface area contributed by atoms with Crippen molar-refractivity contribution in [1.82, 2.24) is 0 Å². The Labute approximate surface area is 417 Å². The van der Waals surface area contributed by atoms with E-state index in [-0.39, 0.29) is 5.41 Å². The number of hydrogen-bond acceptors (Lipinski definition) is 2. The first kappa shape index (κ1) is 42.4. The standard InChI is InChI=1S/C69H52N2/c1-68(52-21-8-4-9-22-52)45-43-56(44-46-68)71(54-38-33-48(34-39-54)51-37-42-66(70(2)53-23-10-5-11-24-53)62(47-51)49-19-6-3-7-20-49)55-40-35-50(36-41-55)57-28-18-29-61-60-27-14-17-32-65(60)69(67(57)61)63-30-15-12-25-58(63)59-26-13-16-31-64(59)69/h3-45,47H,46H2,1-2H3. The van der Waals surface area contributed by atoms with E-state index in [9.17, 15) is 0 Å². The number of allylic oxidation sites excluding steroid dienone is 3. The fraction of sp³-hybridized carbons (Fsp3) is 0.0725. The number of hydrogen-bond donors (Lipinski definition) is 0. The van der Waals surface area contributed by atoms with Gasteiger partial charge in [0.05, 0.1) is 5.41 Å². The van der Waals surface area contributed by atoms with Gasteiger partial charge in [-0.3, -0.25) is 0 Å². The van der Waals surface area contributed by atoms with Crippen molar-refractivity contribution in [2.24, 2.45) is 0 Å². The van der Waals surface area contributed by atoms with Crippen LogP contribution in [0.15, 0.2) is 273 Å². The first-order valence-corrected chi connectivity index (χ1v) is 24.9. The molecule has 0 saturated carbocycles. The molecule has 2 nitrogen and oxygen atoms in total. The van der Waals surface area contributed by atoms with Crippen LogP contribution in [0.2, 0.25) is 0 Å². The van der Waals surface area contributed by atoms with Gasteiger partial charge in [-0.2, -0.15) is 0 Å². The summed E-state index contributed by atoms with van der Waals surface area (Å²) in [4.78, 5) is 4.71. The normalized spacial score (nSPS) is 15.6. The van der Waals surface area contributed by atoms with Crippen molar-refractivity contribution in [3.05, 3.63) is 300 Å². The lowest BCUT2D eigenvalue weighted by Gasteiger charge is -2.34. The predicted molar refractivity (Wildman–Crippen MR) is 298 cm³/mol. The summed E-state index contributed by atoms with van der Waals surface area (Å²) >= 11 is 0. The molecule has 13 rings (SSSR count). The molecule has 1 atom stereocenters. The highest BCUT2D eigenvalue weighted by atomic mass is 15.1. The minimum Gasteiger partial charge on any atom is -0.344 e. The molecular weight excluding hydrogens is 857 g/mol. The first-order valence-electron chi connectivity index (χ1n) is 24.9. The van der Waals surface area contributed by atoms with E-state index in [2.05, 4.69) is 291 Å². The predicted octanol–water partition coefficient (Wildman–Crippen LogP) is 17.7. The Morgan fingerprint density at radius 3 is 1.45 bits per heavy atom. The molecule has 0 radical (unpaired) electrons. The van der Waals surface area contributed by atoms with Gasteiger partial charge in [0.1, 0.15) is 0 Å². The number of rotatable bonds is 9. The van der Waals surface area contributed by atoms with Gasteiger partial charge >= 0.3 is 0 Å². The maximum Gasteiger partial charge on any atom is 0.0731 e. The van der Waals surface area contributed by atoms with Gasteiger partial charge in [0.15, 0.2) is 0 Å². The second kappa shape index (κ2) is 17.1. The van der Waals surface area contributed by atoms with Crippen LogP contribution in [0.4, 0.5) is 22.7 Å². The summed E-state index contributed by atoms with van der Waals surface area (Å²) in [5.41, 5.74) is 24.4. The fourth-order valence-corrected chi connectivity index (χ4v) is 12.0. The van der Waals surface area contributed by atoms with Crippen LogP contribution < -0.4 is 9.80 Å². The van der Waals surface area contributed by atoms with Gasteiger partial charge in [0.2, 0.25) is 0 Å². The third-order valence-corrected chi connectivity index (χ3v) is 15.5. The minimum absolute atomic E-state index is 0.0972. The van der Waals surface area contributed by atoms with Crippen molar-refractivity contribution < 1.29 is 0 Å². The molecule has 1 unspecified atom stereocenters. The highest BCUT2D eigenvalue weighted by Gasteiger charge is 2.52. The molecule has 3 aliphatic rings. The minimum atomic E-state index is -0.425. The number of benzene rings is 10. The zero-order valence-corrected chi connectivity index (χ0v) is 40.0. The van der Waals surface area contributed by atoms with E-state index >= 15 is 0 Å². The molecule has 10 aromatic carbocycles. The van der Waals surface area contributed by atoms with E-state index in [0.717, 1.165) is 34.9 Å². The van der Waals surface area contributed by atoms with E-state index in [1.807, 2.05) is 0 Å². The first-order chi connectivity index (χ1) is 35.0. The second-order valence-corrected chi connectivity index (χ2v) is 19.5. The van der Waals surface area contributed by atoms with Gasteiger partial charge in [-0.1, -0.05) is 219 Å². The monoisotopic (exact) mass is 908 g/mol. The third-order valence-electron chi connectivity index (χ3n) is 15.5. The van der Waals surface area contributed by atoms with Gasteiger partial charge < -0.3 is 9.80 Å². The summed E-state index contributed by atoms with van der Waals surface area (Å²) in [6.45, 7) is 2.34. The van der Waals surface area contributed by atoms with Crippen molar-refractivity contribution in [1.29, 1.82) is 0 Å². The van der Waals surface area contributed by atoms with Gasteiger partial charge in [0.25, 0.3) is 0 Å². The quantitative estimate of drug-likeness (QED) is 0.142. The second-order valence-electron chi connectivity index (χ2n) is 19.5. The molecule has 10 aromatic rings. The lowest BCUT2D eigenvalue weighted by atomic mass is 9.68. The molecule has 71 heavy (non-hydrogen) atoms. The van der Waals surface area contributed by atoms with Gasteiger partial charge in [0, 0.05) is 46.5 Å². The van der Waals surface area contributed by atoms with Gasteiger partial charge in [-0.15, -0.1) is 0 Å². The maximum absolute atomic E-state index is 2.43. The van der Waals surface area contributed by atoms with Crippen LogP contribution in [0, 0.1) is 0 Å². The molecule has 3 aliphatic carbocycles. The largest absolute Gasteiger partial charge is 0.344 e. The summed E-state index contributed by atoms with van der Waals surface area (Å²) in [7, 11) is 2.15. The van der Waals surface area contributed by atoms with E-state index in [4.69, 9.17) is 0 Å². The third kappa shape index (κ3) is 6.85. The Morgan fingerprint density at radius 2 is 0.859 bits per heavy atom. The molecule has 338 valence electrons. The zero-order valence-electron chi connectivity index (χ0n) is 40.0. The Kier molecular flexibility index (Phi) is 10.2. The number of para-hydroxylation sites is 1. The van der Waals surface area contributed by atoms with Gasteiger partial charge in [-0.05, 0) is 139 Å². The highest BCUT2D eigenvalue weighted by Crippen LogP contribution is 2.64. The maximum atomic E-state index is 2.43. The summed E-state index contributed by atoms with van der Waals surface area (Å²) in [5.74, 6) is 0. The van der Waals surface area contributed by atoms with Crippen LogP contribution in [-0.2, 0) is 10.8 Å². The van der Waals surface area contributed by atoms with E-state index < -0.39 is 5.41 Å². The van der Waals surface area contributed by atoms with Crippen LogP contribution in [-0.4, -0.2) is 7.05 Å². The van der Waals surface area contributed by atoms with Gasteiger partial charge in [-0.25, -0.2) is 0 Å². The van der Waals surface area contributed by atoms with Crippen LogP contribution in [0.1, 0.15) is 41.2 Å². The molecule has 0 saturated heterocycles. The lowest BCUT2D eigenvalue weighted by Crippen LogP contribution is -2.26. The molecule has 0 aromatic heterocycles. The Hall–Kier alpha value is -8.72. The van der Waals surface area contributed by atoms with Crippen molar-refractivity contribution >= 4 is 22.7 Å². The van der Waals surface area contributed by atoms with Crippen molar-refractivity contribution in [3.63, 3.8) is 0 Å². The number of fused-ring (bicyclic) bond motifs is 10. The molecule has 0 heterocycles. The summed E-state index contributed by atoms with van der Waals surface area (Å²) in [6.07, 6.45) is 8.03. The molecule has 0 amide bonds. The van der Waals surface area contributed by atoms with E-state index in [1.165, 1.54) is 83.5 Å². The SMILES string of the molecule is CN(c1ccccc1)c1ccc(-c2ccc(N(C3=CCC(C)(c4ccccc4)C=C3)c3ccc(-c4cccc5c4C4(c6ccccc6-c6ccccc64)c4ccccc4-5)cc3)cc2)cc1-c1ccccc1. The fourth-order valence-electron chi connectivity index (χ4n) is 12.0. The Bertz CT molecular complexity index is 3620. The zero-order chi connectivity index (χ0) is 47.5. The topological polar surface area (TPSA) is 6.48 Å². The summed E-state index contributed by atoms with van der Waals surface area (Å²) < 4.78 is 0. The molecule has 1 spiro atoms. The van der Waals surface area contributed by atoms with E-state index in [0.29, 0.717) is 0 Å². The number of nitrogens with zero attached hydrogens (tertiary/aromatic N) is 2. The Balaban J connectivity index is 0.905. The molecule has 0 N–H and O–H groups in total. The Morgan fingerprint density at radius 1 is 0.380 bits per heavy atom. The van der Waals surface area contributed by atoms with E-state index in [1.54, 1.807) is 0 Å². The van der Waals surface area contributed by atoms with Crippen molar-refractivity contribution in [2.75, 3.05) is 16.8 Å². The molecule has 0 aliphatic heterocycles. The summed E-state index contributed by atoms with van der Waals surface area (Å²) in [6, 6.07) is 91.7. The molecular formula is C69H52N2. The van der Waals surface area contributed by atoms with Crippen LogP contribution >= 0.6 is 0 Å².